The molecule has 0 bridgehead atoms. The predicted octanol–water partition coefficient (Wildman–Crippen LogP) is -0.291. The molecule has 1 unspecified atom stereocenters. The van der Waals surface area contributed by atoms with Crippen molar-refractivity contribution in [3.8, 4) is 0 Å². The van der Waals surface area contributed by atoms with Crippen LogP contribution in [0.3, 0.4) is 0 Å². The smallest absolute Gasteiger partial charge is 0.335 e. The van der Waals surface area contributed by atoms with E-state index < -0.39 is 18.2 Å². The van der Waals surface area contributed by atoms with Crippen molar-refractivity contribution in [2.75, 3.05) is 0 Å². The number of nitrogens with one attached hydrogen (secondary N) is 1. The number of carboxylic acids is 1. The van der Waals surface area contributed by atoms with Crippen molar-refractivity contribution in [3.63, 3.8) is 0 Å². The minimum Gasteiger partial charge on any atom is -0.478 e. The first-order valence-electron chi connectivity index (χ1n) is 5.43. The zero-order chi connectivity index (χ0) is 13.7. The van der Waals surface area contributed by atoms with Crippen LogP contribution in [0, 0.1) is 0 Å². The first kappa shape index (κ1) is 14.1. The number of hydrogen-bond acceptors (Lipinski definition) is 4. The molecule has 0 fully saturated rings. The van der Waals surface area contributed by atoms with Crippen molar-refractivity contribution >= 4 is 11.9 Å². The van der Waals surface area contributed by atoms with Crippen LogP contribution in [0.4, 0.5) is 0 Å². The van der Waals surface area contributed by atoms with Crippen LogP contribution in [-0.2, 0) is 11.2 Å². The summed E-state index contributed by atoms with van der Waals surface area (Å²) in [4.78, 5) is 21.6. The SMILES string of the molecule is CC(=O)N[C@@H](Cc1ccc(C(=O)O)cc1)C(N)O. The lowest BCUT2D eigenvalue weighted by Gasteiger charge is -2.20. The van der Waals surface area contributed by atoms with Crippen LogP contribution in [0.25, 0.3) is 0 Å². The number of hydrogen-bond donors (Lipinski definition) is 4. The molecule has 98 valence electrons. The molecule has 0 radical (unpaired) electrons. The van der Waals surface area contributed by atoms with Gasteiger partial charge in [0.25, 0.3) is 0 Å². The van der Waals surface area contributed by atoms with Gasteiger partial charge < -0.3 is 21.3 Å². The molecule has 1 rings (SSSR count). The van der Waals surface area contributed by atoms with Crippen molar-refractivity contribution in [1.29, 1.82) is 0 Å². The number of carbonyl (C=O) groups is 2. The highest BCUT2D eigenvalue weighted by molar-refractivity contribution is 5.87. The van der Waals surface area contributed by atoms with Gasteiger partial charge in [0, 0.05) is 6.92 Å². The third-order valence-electron chi connectivity index (χ3n) is 2.46. The monoisotopic (exact) mass is 252 g/mol. The number of aliphatic hydroxyl groups excluding tert-OH is 1. The van der Waals surface area contributed by atoms with Gasteiger partial charge in [-0.2, -0.15) is 0 Å². The Labute approximate surface area is 104 Å². The second-order valence-electron chi connectivity index (χ2n) is 4.00. The van der Waals surface area contributed by atoms with Gasteiger partial charge in [0.1, 0.15) is 6.23 Å². The molecule has 1 amide bonds. The fourth-order valence-electron chi connectivity index (χ4n) is 1.56. The number of amides is 1. The summed E-state index contributed by atoms with van der Waals surface area (Å²) in [6.07, 6.45) is -0.843. The van der Waals surface area contributed by atoms with Gasteiger partial charge in [0.2, 0.25) is 5.91 Å². The van der Waals surface area contributed by atoms with E-state index in [9.17, 15) is 14.7 Å². The van der Waals surface area contributed by atoms with Crippen LogP contribution in [0.1, 0.15) is 22.8 Å². The maximum atomic E-state index is 10.9. The maximum Gasteiger partial charge on any atom is 0.335 e. The molecule has 6 heteroatoms. The average molecular weight is 252 g/mol. The van der Waals surface area contributed by atoms with E-state index in [4.69, 9.17) is 10.8 Å². The summed E-state index contributed by atoms with van der Waals surface area (Å²) in [6.45, 7) is 1.34. The zero-order valence-electron chi connectivity index (χ0n) is 9.96. The number of benzene rings is 1. The Morgan fingerprint density at radius 1 is 1.33 bits per heavy atom. The molecule has 6 nitrogen and oxygen atoms in total. The molecule has 0 aromatic heterocycles. The molecule has 0 aliphatic heterocycles. The van der Waals surface area contributed by atoms with Gasteiger partial charge in [-0.1, -0.05) is 12.1 Å². The molecule has 1 aromatic carbocycles. The van der Waals surface area contributed by atoms with Gasteiger partial charge in [-0.15, -0.1) is 0 Å². The lowest BCUT2D eigenvalue weighted by Crippen LogP contribution is -2.48. The minimum absolute atomic E-state index is 0.183. The molecule has 5 N–H and O–H groups in total. The topological polar surface area (TPSA) is 113 Å². The minimum atomic E-state index is -1.17. The van der Waals surface area contributed by atoms with Crippen molar-refractivity contribution < 1.29 is 19.8 Å². The van der Waals surface area contributed by atoms with Gasteiger partial charge in [0.05, 0.1) is 11.6 Å². The molecule has 2 atom stereocenters. The number of carboxylic acid groups (broad SMARTS) is 1. The molecule has 0 aliphatic carbocycles. The van der Waals surface area contributed by atoms with E-state index in [1.165, 1.54) is 19.1 Å². The molecule has 0 aliphatic rings. The van der Waals surface area contributed by atoms with Crippen molar-refractivity contribution in [1.82, 2.24) is 5.32 Å². The van der Waals surface area contributed by atoms with Gasteiger partial charge in [-0.05, 0) is 24.1 Å². The van der Waals surface area contributed by atoms with Crippen molar-refractivity contribution in [2.45, 2.75) is 25.6 Å². The Morgan fingerprint density at radius 3 is 2.28 bits per heavy atom. The van der Waals surface area contributed by atoms with Crippen LogP contribution in [0.5, 0.6) is 0 Å². The van der Waals surface area contributed by atoms with Gasteiger partial charge in [-0.25, -0.2) is 4.79 Å². The molecule has 0 saturated carbocycles. The molecule has 0 saturated heterocycles. The summed E-state index contributed by atoms with van der Waals surface area (Å²) in [5.41, 5.74) is 6.32. The Bertz CT molecular complexity index is 428. The van der Waals surface area contributed by atoms with Gasteiger partial charge in [0.15, 0.2) is 0 Å². The molecule has 1 aromatic rings. The standard InChI is InChI=1S/C12H16N2O4/c1-7(15)14-10(11(13)16)6-8-2-4-9(5-3-8)12(17)18/h2-5,10-11,16H,6,13H2,1H3,(H,14,15)(H,17,18)/t10-,11?/m0/s1. The highest BCUT2D eigenvalue weighted by atomic mass is 16.4. The van der Waals surface area contributed by atoms with Crippen LogP contribution >= 0.6 is 0 Å². The Balaban J connectivity index is 2.74. The molecular weight excluding hydrogens is 236 g/mol. The van der Waals surface area contributed by atoms with Crippen LogP contribution in [0.2, 0.25) is 0 Å². The van der Waals surface area contributed by atoms with Crippen molar-refractivity contribution in [3.05, 3.63) is 35.4 Å². The lowest BCUT2D eigenvalue weighted by molar-refractivity contribution is -0.120. The second-order valence-corrected chi connectivity index (χ2v) is 4.00. The Hall–Kier alpha value is -1.92. The number of rotatable bonds is 5. The summed E-state index contributed by atoms with van der Waals surface area (Å²) in [6, 6.07) is 5.58. The van der Waals surface area contributed by atoms with E-state index in [0.29, 0.717) is 6.42 Å². The maximum absolute atomic E-state index is 10.9. The number of carbonyl (C=O) groups excluding carboxylic acids is 1. The number of aromatic carboxylic acids is 1. The van der Waals surface area contributed by atoms with Crippen LogP contribution < -0.4 is 11.1 Å². The molecule has 18 heavy (non-hydrogen) atoms. The van der Waals surface area contributed by atoms with Crippen LogP contribution in [-0.4, -0.2) is 34.4 Å². The fraction of sp³-hybridized carbons (Fsp3) is 0.333. The molecule has 0 heterocycles. The summed E-state index contributed by atoms with van der Waals surface area (Å²) in [5, 5.41) is 20.6. The third kappa shape index (κ3) is 4.15. The van der Waals surface area contributed by atoms with Crippen LogP contribution in [0.15, 0.2) is 24.3 Å². The van der Waals surface area contributed by atoms with Gasteiger partial charge >= 0.3 is 5.97 Å². The second kappa shape index (κ2) is 6.13. The lowest BCUT2D eigenvalue weighted by atomic mass is 10.0. The van der Waals surface area contributed by atoms with E-state index in [0.717, 1.165) is 5.56 Å². The van der Waals surface area contributed by atoms with E-state index in [1.807, 2.05) is 0 Å². The normalized spacial score (nSPS) is 13.7. The highest BCUT2D eigenvalue weighted by Gasteiger charge is 2.17. The Kier molecular flexibility index (Phi) is 4.82. The summed E-state index contributed by atoms with van der Waals surface area (Å²) in [5.74, 6) is -1.29. The third-order valence-corrected chi connectivity index (χ3v) is 2.46. The van der Waals surface area contributed by atoms with Crippen molar-refractivity contribution in [2.24, 2.45) is 5.73 Å². The highest BCUT2D eigenvalue weighted by Crippen LogP contribution is 2.08. The predicted molar refractivity (Wildman–Crippen MR) is 64.9 cm³/mol. The average Bonchev–Trinajstić information content (AvgIpc) is 2.28. The van der Waals surface area contributed by atoms with E-state index in [1.54, 1.807) is 12.1 Å². The summed E-state index contributed by atoms with van der Waals surface area (Å²) in [7, 11) is 0. The van der Waals surface area contributed by atoms with Gasteiger partial charge in [-0.3, -0.25) is 4.79 Å². The first-order chi connectivity index (χ1) is 8.40. The summed E-state index contributed by atoms with van der Waals surface area (Å²) >= 11 is 0. The molecule has 0 spiro atoms. The number of aliphatic hydroxyl groups is 1. The van der Waals surface area contributed by atoms with E-state index in [-0.39, 0.29) is 11.5 Å². The zero-order valence-corrected chi connectivity index (χ0v) is 9.96. The van der Waals surface area contributed by atoms with E-state index in [2.05, 4.69) is 5.32 Å². The first-order valence-corrected chi connectivity index (χ1v) is 5.43. The summed E-state index contributed by atoms with van der Waals surface area (Å²) < 4.78 is 0. The quantitative estimate of drug-likeness (QED) is 0.538. The Morgan fingerprint density at radius 2 is 1.89 bits per heavy atom. The largest absolute Gasteiger partial charge is 0.478 e. The fourth-order valence-corrected chi connectivity index (χ4v) is 1.56. The molecular formula is C12H16N2O4. The van der Waals surface area contributed by atoms with E-state index >= 15 is 0 Å². The number of nitrogens with two attached hydrogens (primary N) is 1.